The zero-order chi connectivity index (χ0) is 21.0. The maximum atomic E-state index is 12.3. The minimum absolute atomic E-state index is 0.251. The molecule has 0 aliphatic heterocycles. The molecular weight excluding hydrogens is 473 g/mol. The summed E-state index contributed by atoms with van der Waals surface area (Å²) in [7, 11) is 0. The molecule has 3 rings (SSSR count). The molecule has 0 unspecified atom stereocenters. The van der Waals surface area contributed by atoms with E-state index < -0.39 is 0 Å². The van der Waals surface area contributed by atoms with E-state index in [0.717, 1.165) is 11.1 Å². The zero-order valence-corrected chi connectivity index (χ0v) is 19.1. The highest BCUT2D eigenvalue weighted by Gasteiger charge is 2.10. The maximum absolute atomic E-state index is 12.3. The summed E-state index contributed by atoms with van der Waals surface area (Å²) in [6.45, 7) is 4.80. The fraction of sp³-hybridized carbons (Fsp3) is 0.182. The van der Waals surface area contributed by atoms with Gasteiger partial charge in [-0.05, 0) is 56.7 Å². The predicted molar refractivity (Wildman–Crippen MR) is 124 cm³/mol. The molecule has 29 heavy (non-hydrogen) atoms. The number of benzene rings is 2. The molecule has 3 aromatic rings. The summed E-state index contributed by atoms with van der Waals surface area (Å²) in [5.74, 6) is 0.681. The van der Waals surface area contributed by atoms with Crippen LogP contribution in [0.2, 0.25) is 10.0 Å². The molecule has 0 bridgehead atoms. The van der Waals surface area contributed by atoms with Crippen LogP contribution >= 0.6 is 39.1 Å². The lowest BCUT2D eigenvalue weighted by Crippen LogP contribution is -2.09. The van der Waals surface area contributed by atoms with Crippen molar-refractivity contribution >= 4 is 56.9 Å². The second kappa shape index (κ2) is 9.61. The summed E-state index contributed by atoms with van der Waals surface area (Å²) >= 11 is 15.4. The van der Waals surface area contributed by atoms with E-state index >= 15 is 0 Å². The number of hydrogen-bond donors (Lipinski definition) is 1. The first kappa shape index (κ1) is 21.6. The third kappa shape index (κ3) is 5.95. The van der Waals surface area contributed by atoms with E-state index in [2.05, 4.69) is 52.3 Å². The van der Waals surface area contributed by atoms with Crippen molar-refractivity contribution in [1.29, 1.82) is 0 Å². The average Bonchev–Trinajstić information content (AvgIpc) is 3.02. The molecule has 0 atom stereocenters. The number of nitrogens with one attached hydrogen (secondary N) is 1. The van der Waals surface area contributed by atoms with Gasteiger partial charge < -0.3 is 5.32 Å². The van der Waals surface area contributed by atoms with Crippen molar-refractivity contribution < 1.29 is 4.79 Å². The number of carbonyl (C=O) groups excluding carboxylic acids is 1. The number of aromatic nitrogens is 2. The van der Waals surface area contributed by atoms with Gasteiger partial charge in [0.25, 0.3) is 0 Å². The minimum Gasteiger partial charge on any atom is -0.305 e. The van der Waals surface area contributed by atoms with Crippen molar-refractivity contribution in [1.82, 2.24) is 9.78 Å². The molecule has 0 aliphatic carbocycles. The lowest BCUT2D eigenvalue weighted by Gasteiger charge is -2.04. The first-order valence-electron chi connectivity index (χ1n) is 9.07. The Bertz CT molecular complexity index is 1040. The Morgan fingerprint density at radius 3 is 2.55 bits per heavy atom. The SMILES string of the molecule is CC(C)c1ccc(/C=C/C(=O)Nc2nn(Cc3ccc(Cl)c(Cl)c3)cc2Br)cc1. The van der Waals surface area contributed by atoms with Crippen molar-refractivity contribution in [2.45, 2.75) is 26.3 Å². The standard InChI is InChI=1S/C22H20BrCl2N3O/c1-14(2)17-7-3-15(4-8-17)6-10-21(29)26-22-18(23)13-28(27-22)12-16-5-9-19(24)20(25)11-16/h3-11,13-14H,12H2,1-2H3,(H,26,27,29)/b10-6+. The van der Waals surface area contributed by atoms with Gasteiger partial charge in [0, 0.05) is 12.3 Å². The van der Waals surface area contributed by atoms with Crippen LogP contribution in [0.4, 0.5) is 5.82 Å². The number of halogens is 3. The molecule has 1 heterocycles. The Hall–Kier alpha value is -2.08. The van der Waals surface area contributed by atoms with Crippen molar-refractivity contribution in [3.8, 4) is 0 Å². The Morgan fingerprint density at radius 1 is 1.17 bits per heavy atom. The molecule has 0 aliphatic rings. The van der Waals surface area contributed by atoms with Crippen LogP contribution < -0.4 is 5.32 Å². The van der Waals surface area contributed by atoms with E-state index in [9.17, 15) is 4.79 Å². The van der Waals surface area contributed by atoms with E-state index in [0.29, 0.717) is 32.8 Å². The molecule has 1 amide bonds. The van der Waals surface area contributed by atoms with E-state index in [1.165, 1.54) is 11.6 Å². The van der Waals surface area contributed by atoms with Crippen LogP contribution in [0.5, 0.6) is 0 Å². The van der Waals surface area contributed by atoms with Gasteiger partial charge in [-0.3, -0.25) is 9.48 Å². The number of rotatable bonds is 6. The first-order chi connectivity index (χ1) is 13.8. The number of amides is 1. The van der Waals surface area contributed by atoms with Gasteiger partial charge >= 0.3 is 0 Å². The molecule has 0 radical (unpaired) electrons. The van der Waals surface area contributed by atoms with E-state index in [4.69, 9.17) is 23.2 Å². The number of carbonyl (C=O) groups is 1. The van der Waals surface area contributed by atoms with Gasteiger partial charge in [0.1, 0.15) is 0 Å². The van der Waals surface area contributed by atoms with E-state index in [1.807, 2.05) is 18.2 Å². The van der Waals surface area contributed by atoms with Gasteiger partial charge in [-0.15, -0.1) is 0 Å². The maximum Gasteiger partial charge on any atom is 0.249 e. The van der Waals surface area contributed by atoms with E-state index in [1.54, 1.807) is 29.1 Å². The van der Waals surface area contributed by atoms with Gasteiger partial charge in [-0.2, -0.15) is 5.10 Å². The van der Waals surface area contributed by atoms with Crippen LogP contribution in [0.25, 0.3) is 6.08 Å². The lowest BCUT2D eigenvalue weighted by atomic mass is 10.0. The quantitative estimate of drug-likeness (QED) is 0.385. The van der Waals surface area contributed by atoms with Gasteiger partial charge in [-0.25, -0.2) is 0 Å². The monoisotopic (exact) mass is 491 g/mol. The molecule has 150 valence electrons. The second-order valence-electron chi connectivity index (χ2n) is 6.92. The molecule has 2 aromatic carbocycles. The third-order valence-corrected chi connectivity index (χ3v) is 5.64. The lowest BCUT2D eigenvalue weighted by molar-refractivity contribution is -0.111. The number of nitrogens with zero attached hydrogens (tertiary/aromatic N) is 2. The van der Waals surface area contributed by atoms with Crippen molar-refractivity contribution in [3.63, 3.8) is 0 Å². The Labute approximate surface area is 188 Å². The molecule has 0 saturated carbocycles. The minimum atomic E-state index is -0.251. The molecule has 0 spiro atoms. The fourth-order valence-corrected chi connectivity index (χ4v) is 3.45. The van der Waals surface area contributed by atoms with Gasteiger partial charge in [-0.1, -0.05) is 67.4 Å². The summed E-state index contributed by atoms with van der Waals surface area (Å²) in [5.41, 5.74) is 3.19. The molecule has 1 N–H and O–H groups in total. The smallest absolute Gasteiger partial charge is 0.249 e. The summed E-state index contributed by atoms with van der Waals surface area (Å²) in [6, 6.07) is 13.6. The molecular formula is C22H20BrCl2N3O. The molecule has 0 fully saturated rings. The molecule has 0 saturated heterocycles. The number of anilines is 1. The third-order valence-electron chi connectivity index (χ3n) is 4.32. The largest absolute Gasteiger partial charge is 0.305 e. The van der Waals surface area contributed by atoms with Gasteiger partial charge in [0.05, 0.1) is 21.1 Å². The van der Waals surface area contributed by atoms with Crippen LogP contribution in [0.1, 0.15) is 36.5 Å². The fourth-order valence-electron chi connectivity index (χ4n) is 2.71. The van der Waals surface area contributed by atoms with Crippen LogP contribution in [0.15, 0.2) is 59.2 Å². The highest BCUT2D eigenvalue weighted by Crippen LogP contribution is 2.25. The van der Waals surface area contributed by atoms with Crippen molar-refractivity contribution in [3.05, 3.63) is 85.9 Å². The second-order valence-corrected chi connectivity index (χ2v) is 8.58. The Balaban J connectivity index is 1.63. The summed E-state index contributed by atoms with van der Waals surface area (Å²) < 4.78 is 2.41. The molecule has 1 aromatic heterocycles. The van der Waals surface area contributed by atoms with Crippen molar-refractivity contribution in [2.75, 3.05) is 5.32 Å². The van der Waals surface area contributed by atoms with Crippen LogP contribution in [0.3, 0.4) is 0 Å². The molecule has 7 heteroatoms. The summed E-state index contributed by atoms with van der Waals surface area (Å²) in [6.07, 6.45) is 5.07. The van der Waals surface area contributed by atoms with E-state index in [-0.39, 0.29) is 5.91 Å². The highest BCUT2D eigenvalue weighted by molar-refractivity contribution is 9.10. The van der Waals surface area contributed by atoms with Gasteiger partial charge in [0.15, 0.2) is 5.82 Å². The summed E-state index contributed by atoms with van der Waals surface area (Å²) in [5, 5.41) is 8.20. The summed E-state index contributed by atoms with van der Waals surface area (Å²) in [4.78, 5) is 12.3. The van der Waals surface area contributed by atoms with Crippen LogP contribution in [-0.4, -0.2) is 15.7 Å². The van der Waals surface area contributed by atoms with Crippen LogP contribution in [-0.2, 0) is 11.3 Å². The Morgan fingerprint density at radius 2 is 1.90 bits per heavy atom. The van der Waals surface area contributed by atoms with Crippen molar-refractivity contribution in [2.24, 2.45) is 0 Å². The zero-order valence-electron chi connectivity index (χ0n) is 16.0. The topological polar surface area (TPSA) is 46.9 Å². The average molecular weight is 493 g/mol. The molecule has 4 nitrogen and oxygen atoms in total. The highest BCUT2D eigenvalue weighted by atomic mass is 79.9. The van der Waals surface area contributed by atoms with Crippen LogP contribution in [0, 0.1) is 0 Å². The Kier molecular flexibility index (Phi) is 7.17. The predicted octanol–water partition coefficient (Wildman–Crippen LogP) is 6.78. The normalized spacial score (nSPS) is 11.4. The first-order valence-corrected chi connectivity index (χ1v) is 10.6. The van der Waals surface area contributed by atoms with Gasteiger partial charge in [0.2, 0.25) is 5.91 Å². The number of hydrogen-bond acceptors (Lipinski definition) is 2.